The van der Waals surface area contributed by atoms with Gasteiger partial charge in [-0.1, -0.05) is 56.8 Å². The average molecular weight is 402 g/mol. The van der Waals surface area contributed by atoms with Gasteiger partial charge in [0.15, 0.2) is 5.71 Å². The lowest BCUT2D eigenvalue weighted by Crippen LogP contribution is -2.25. The van der Waals surface area contributed by atoms with Gasteiger partial charge < -0.3 is 10.4 Å². The number of allylic oxidation sites excluding steroid dienone is 1. The third kappa shape index (κ3) is 3.49. The number of para-hydroxylation sites is 2. The molecule has 0 aliphatic carbocycles. The van der Waals surface area contributed by atoms with Crippen LogP contribution in [-0.4, -0.2) is 29.9 Å². The Morgan fingerprint density at radius 2 is 1.36 bits per heavy atom. The number of benzene rings is 2. The molecule has 4 rings (SSSR count). The van der Waals surface area contributed by atoms with Crippen molar-refractivity contribution >= 4 is 29.5 Å². The Balaban J connectivity index is 0.000000261. The van der Waals surface area contributed by atoms with Gasteiger partial charge in [0, 0.05) is 42.4 Å². The lowest BCUT2D eigenvalue weighted by molar-refractivity contribution is -0.403. The van der Waals surface area contributed by atoms with Gasteiger partial charge in [-0.05, 0) is 25.5 Å². The van der Waals surface area contributed by atoms with Gasteiger partial charge >= 0.3 is 0 Å². The summed E-state index contributed by atoms with van der Waals surface area (Å²) in [4.78, 5) is 2.18. The molecule has 2 aromatic carbocycles. The number of hydrogen-bond acceptors (Lipinski definition) is 1. The molecule has 0 spiro atoms. The predicted molar refractivity (Wildman–Crippen MR) is 124 cm³/mol. The van der Waals surface area contributed by atoms with Crippen molar-refractivity contribution in [1.82, 2.24) is 0 Å². The summed E-state index contributed by atoms with van der Waals surface area (Å²) in [5.41, 5.74) is 8.35. The molecular formula is C24H34ClN2O+. The summed E-state index contributed by atoms with van der Waals surface area (Å²) in [6.07, 6.45) is 0. The highest BCUT2D eigenvalue weighted by atomic mass is 35.5. The highest BCUT2D eigenvalue weighted by Crippen LogP contribution is 2.45. The first-order valence-electron chi connectivity index (χ1n) is 9.30. The summed E-state index contributed by atoms with van der Waals surface area (Å²) in [5, 5.41) is 0. The van der Waals surface area contributed by atoms with Crippen molar-refractivity contribution in [2.45, 2.75) is 45.4 Å². The topological polar surface area (TPSA) is 37.8 Å². The summed E-state index contributed by atoms with van der Waals surface area (Å²) in [6, 6.07) is 17.1. The summed E-state index contributed by atoms with van der Waals surface area (Å²) in [7, 11) is 4.22. The van der Waals surface area contributed by atoms with Gasteiger partial charge in [0.1, 0.15) is 7.05 Å². The Morgan fingerprint density at radius 3 is 1.89 bits per heavy atom. The number of hydrogen-bond donors (Lipinski definition) is 0. The van der Waals surface area contributed by atoms with E-state index in [0.29, 0.717) is 0 Å². The molecule has 0 atom stereocenters. The smallest absolute Gasteiger partial charge is 0.209 e. The monoisotopic (exact) mass is 401 g/mol. The summed E-state index contributed by atoms with van der Waals surface area (Å²) < 4.78 is 2.29. The number of anilines is 1. The highest BCUT2D eigenvalue weighted by molar-refractivity contribution is 5.93. The zero-order chi connectivity index (χ0) is 19.3. The maximum absolute atomic E-state index is 4.13. The van der Waals surface area contributed by atoms with Crippen molar-refractivity contribution < 1.29 is 10.1 Å². The normalized spacial score (nSPS) is 17.7. The van der Waals surface area contributed by atoms with E-state index in [1.165, 1.54) is 33.9 Å². The second kappa shape index (κ2) is 8.10. The van der Waals surface area contributed by atoms with Crippen LogP contribution < -0.4 is 4.90 Å². The number of nitrogens with zero attached hydrogens (tertiary/aromatic N) is 2. The van der Waals surface area contributed by atoms with Crippen LogP contribution in [0.4, 0.5) is 11.4 Å². The van der Waals surface area contributed by atoms with Crippen LogP contribution in [0.15, 0.2) is 60.8 Å². The summed E-state index contributed by atoms with van der Waals surface area (Å²) in [6.45, 7) is 15.3. The van der Waals surface area contributed by atoms with Gasteiger partial charge in [0.25, 0.3) is 0 Å². The fourth-order valence-electron chi connectivity index (χ4n) is 4.10. The third-order valence-electron chi connectivity index (χ3n) is 6.41. The first-order chi connectivity index (χ1) is 12.1. The van der Waals surface area contributed by atoms with Crippen LogP contribution in [0.2, 0.25) is 0 Å². The minimum absolute atomic E-state index is 0. The molecule has 0 aromatic heterocycles. The first kappa shape index (κ1) is 23.9. The van der Waals surface area contributed by atoms with Gasteiger partial charge in [0.2, 0.25) is 5.69 Å². The molecule has 4 heteroatoms. The van der Waals surface area contributed by atoms with E-state index in [4.69, 9.17) is 0 Å². The van der Waals surface area contributed by atoms with E-state index < -0.39 is 0 Å². The molecule has 0 amide bonds. The molecule has 2 aliphatic heterocycles. The SMILES string of the molecule is C=C1N(C)c2ccccc2C1(C)C.CC1=[N+](C)c2ccccc2C1(C)C.Cl.O. The van der Waals surface area contributed by atoms with E-state index in [0.717, 1.165) is 0 Å². The maximum Gasteiger partial charge on any atom is 0.209 e. The number of rotatable bonds is 0. The van der Waals surface area contributed by atoms with Gasteiger partial charge in [-0.15, -0.1) is 12.4 Å². The number of likely N-dealkylation sites (N-methyl/N-ethyl adjacent to an activating group) is 1. The number of fused-ring (bicyclic) bond motifs is 2. The van der Waals surface area contributed by atoms with E-state index in [1.807, 2.05) is 0 Å². The molecule has 152 valence electrons. The quantitative estimate of drug-likeness (QED) is 0.556. The van der Waals surface area contributed by atoms with Crippen LogP contribution in [-0.2, 0) is 10.8 Å². The van der Waals surface area contributed by atoms with E-state index in [1.54, 1.807) is 0 Å². The fraction of sp³-hybridized carbons (Fsp3) is 0.375. The zero-order valence-corrected chi connectivity index (χ0v) is 18.9. The fourth-order valence-corrected chi connectivity index (χ4v) is 4.10. The Kier molecular flexibility index (Phi) is 6.93. The van der Waals surface area contributed by atoms with Crippen LogP contribution in [0.1, 0.15) is 45.7 Å². The first-order valence-corrected chi connectivity index (χ1v) is 9.30. The maximum atomic E-state index is 4.13. The lowest BCUT2D eigenvalue weighted by Gasteiger charge is -2.22. The molecule has 3 nitrogen and oxygen atoms in total. The van der Waals surface area contributed by atoms with Crippen LogP contribution in [0.5, 0.6) is 0 Å². The van der Waals surface area contributed by atoms with Gasteiger partial charge in [0.05, 0.1) is 5.41 Å². The van der Waals surface area contributed by atoms with Gasteiger partial charge in [-0.2, -0.15) is 0 Å². The predicted octanol–water partition coefficient (Wildman–Crippen LogP) is 5.24. The van der Waals surface area contributed by atoms with Crippen LogP contribution in [0, 0.1) is 0 Å². The molecule has 28 heavy (non-hydrogen) atoms. The van der Waals surface area contributed by atoms with Crippen molar-refractivity contribution in [2.24, 2.45) is 0 Å². The molecule has 2 heterocycles. The molecule has 0 bridgehead atoms. The van der Waals surface area contributed by atoms with Crippen molar-refractivity contribution in [3.8, 4) is 0 Å². The molecule has 0 unspecified atom stereocenters. The second-order valence-electron chi connectivity index (χ2n) is 8.43. The average Bonchev–Trinajstić information content (AvgIpc) is 2.92. The van der Waals surface area contributed by atoms with Crippen molar-refractivity contribution in [3.63, 3.8) is 0 Å². The Bertz CT molecular complexity index is 912. The summed E-state index contributed by atoms with van der Waals surface area (Å²) in [5.74, 6) is 0. The minimum Gasteiger partial charge on any atom is -0.412 e. The molecule has 0 radical (unpaired) electrons. The molecule has 2 aliphatic rings. The van der Waals surface area contributed by atoms with Gasteiger partial charge in [-0.3, -0.25) is 0 Å². The molecule has 0 saturated carbocycles. The van der Waals surface area contributed by atoms with Crippen LogP contribution in [0.25, 0.3) is 0 Å². The van der Waals surface area contributed by atoms with E-state index in [9.17, 15) is 0 Å². The molecular weight excluding hydrogens is 368 g/mol. The Labute approximate surface area is 176 Å². The highest BCUT2D eigenvalue weighted by Gasteiger charge is 2.40. The second-order valence-corrected chi connectivity index (χ2v) is 8.43. The number of halogens is 1. The lowest BCUT2D eigenvalue weighted by atomic mass is 9.82. The Hall–Kier alpha value is -2.10. The van der Waals surface area contributed by atoms with Crippen LogP contribution >= 0.6 is 12.4 Å². The van der Waals surface area contributed by atoms with E-state index in [-0.39, 0.29) is 28.7 Å². The van der Waals surface area contributed by atoms with E-state index in [2.05, 4.69) is 113 Å². The largest absolute Gasteiger partial charge is 0.412 e. The standard InChI is InChI=1S/C12H16N.C12H15N.ClH.H2O/c2*1-9-12(2,3)10-7-5-6-8-11(10)13(9)4;;/h5-8H,1-4H3;5-8H,1H2,2-4H3;1H;1H2/q+1;;;. The van der Waals surface area contributed by atoms with Crippen molar-refractivity contribution in [1.29, 1.82) is 0 Å². The van der Waals surface area contributed by atoms with E-state index >= 15 is 0 Å². The zero-order valence-electron chi connectivity index (χ0n) is 18.1. The molecule has 2 aromatic rings. The van der Waals surface area contributed by atoms with Crippen LogP contribution in [0.3, 0.4) is 0 Å². The van der Waals surface area contributed by atoms with Crippen molar-refractivity contribution in [2.75, 3.05) is 19.0 Å². The van der Waals surface area contributed by atoms with Crippen molar-refractivity contribution in [3.05, 3.63) is 71.9 Å². The minimum atomic E-state index is 0. The third-order valence-corrected chi connectivity index (χ3v) is 6.41. The molecule has 0 saturated heterocycles. The summed E-state index contributed by atoms with van der Waals surface area (Å²) >= 11 is 0. The molecule has 0 fully saturated rings. The molecule has 2 N–H and O–H groups in total. The Morgan fingerprint density at radius 1 is 0.857 bits per heavy atom. The van der Waals surface area contributed by atoms with Gasteiger partial charge in [-0.25, -0.2) is 4.58 Å².